The van der Waals surface area contributed by atoms with Crippen LogP contribution in [0.5, 0.6) is 5.75 Å². The van der Waals surface area contributed by atoms with Gasteiger partial charge in [-0.2, -0.15) is 5.10 Å². The first-order valence-electron chi connectivity index (χ1n) is 8.10. The highest BCUT2D eigenvalue weighted by Gasteiger charge is 2.15. The number of hydrogen-bond acceptors (Lipinski definition) is 4. The van der Waals surface area contributed by atoms with Crippen LogP contribution in [0.3, 0.4) is 0 Å². The fraction of sp³-hybridized carbons (Fsp3) is 0.211. The zero-order valence-electron chi connectivity index (χ0n) is 14.1. The third-order valence-electron chi connectivity index (χ3n) is 3.76. The fourth-order valence-corrected chi connectivity index (χ4v) is 2.35. The van der Waals surface area contributed by atoms with E-state index in [1.165, 1.54) is 0 Å². The first kappa shape index (κ1) is 16.7. The van der Waals surface area contributed by atoms with Crippen LogP contribution in [0.2, 0.25) is 0 Å². The van der Waals surface area contributed by atoms with E-state index >= 15 is 0 Å². The molecule has 3 rings (SSSR count). The molecular formula is C19H20N4O2. The van der Waals surface area contributed by atoms with Gasteiger partial charge >= 0.3 is 0 Å². The molecule has 0 fully saturated rings. The molecule has 1 N–H and O–H groups in total. The van der Waals surface area contributed by atoms with Gasteiger partial charge in [0.25, 0.3) is 5.91 Å². The maximum Gasteiger partial charge on any atom is 0.274 e. The molecule has 3 aromatic rings. The summed E-state index contributed by atoms with van der Waals surface area (Å²) in [5.41, 5.74) is 2.10. The third-order valence-corrected chi connectivity index (χ3v) is 3.76. The third kappa shape index (κ3) is 4.67. The average molecular weight is 336 g/mol. The van der Waals surface area contributed by atoms with Crippen LogP contribution in [-0.4, -0.2) is 39.6 Å². The van der Waals surface area contributed by atoms with Gasteiger partial charge in [0.05, 0.1) is 5.69 Å². The van der Waals surface area contributed by atoms with Crippen molar-refractivity contribution in [1.82, 2.24) is 20.1 Å². The summed E-state index contributed by atoms with van der Waals surface area (Å²) in [6.45, 7) is 0.917. The number of hydrogen-bond donors (Lipinski definition) is 1. The Hall–Kier alpha value is -3.15. The number of nitrogens with zero attached hydrogens (tertiary/aromatic N) is 3. The number of aromatic amines is 1. The van der Waals surface area contributed by atoms with Crippen molar-refractivity contribution in [2.45, 2.75) is 13.0 Å². The van der Waals surface area contributed by atoms with Crippen LogP contribution in [0, 0.1) is 0 Å². The molecule has 2 aromatic heterocycles. The van der Waals surface area contributed by atoms with Crippen molar-refractivity contribution < 1.29 is 9.53 Å². The first-order valence-corrected chi connectivity index (χ1v) is 8.10. The Morgan fingerprint density at radius 1 is 1.16 bits per heavy atom. The van der Waals surface area contributed by atoms with E-state index in [9.17, 15) is 4.79 Å². The number of para-hydroxylation sites is 1. The summed E-state index contributed by atoms with van der Waals surface area (Å²) in [6, 6.07) is 17.0. The van der Waals surface area contributed by atoms with Gasteiger partial charge in [0.15, 0.2) is 5.69 Å². The summed E-state index contributed by atoms with van der Waals surface area (Å²) in [4.78, 5) is 18.3. The minimum absolute atomic E-state index is 0.127. The van der Waals surface area contributed by atoms with Crippen LogP contribution >= 0.6 is 0 Å². The number of carbonyl (C=O) groups is 1. The van der Waals surface area contributed by atoms with Crippen LogP contribution in [0.4, 0.5) is 0 Å². The van der Waals surface area contributed by atoms with E-state index in [4.69, 9.17) is 4.74 Å². The zero-order valence-corrected chi connectivity index (χ0v) is 14.1. The van der Waals surface area contributed by atoms with Crippen molar-refractivity contribution in [1.29, 1.82) is 0 Å². The largest absolute Gasteiger partial charge is 0.487 e. The molecule has 0 atom stereocenters. The molecule has 1 aromatic carbocycles. The minimum Gasteiger partial charge on any atom is -0.487 e. The van der Waals surface area contributed by atoms with Crippen LogP contribution in [-0.2, 0) is 13.0 Å². The second-order valence-corrected chi connectivity index (χ2v) is 5.68. The summed E-state index contributed by atoms with van der Waals surface area (Å²) in [6.07, 6.45) is 2.46. The number of H-pyrrole nitrogens is 1. The lowest BCUT2D eigenvalue weighted by molar-refractivity contribution is 0.0790. The van der Waals surface area contributed by atoms with E-state index in [1.54, 1.807) is 24.2 Å². The molecule has 25 heavy (non-hydrogen) atoms. The quantitative estimate of drug-likeness (QED) is 0.720. The van der Waals surface area contributed by atoms with Crippen molar-refractivity contribution in [3.63, 3.8) is 0 Å². The number of nitrogens with one attached hydrogen (secondary N) is 1. The molecule has 2 heterocycles. The maximum absolute atomic E-state index is 12.4. The van der Waals surface area contributed by atoms with Crippen LogP contribution < -0.4 is 4.74 Å². The number of rotatable bonds is 7. The number of carbonyl (C=O) groups excluding carboxylic acids is 1. The monoisotopic (exact) mass is 336 g/mol. The average Bonchev–Trinajstić information content (AvgIpc) is 3.14. The van der Waals surface area contributed by atoms with E-state index in [2.05, 4.69) is 15.2 Å². The van der Waals surface area contributed by atoms with Gasteiger partial charge in [-0.3, -0.25) is 14.9 Å². The molecule has 1 amide bonds. The summed E-state index contributed by atoms with van der Waals surface area (Å²) >= 11 is 0. The number of aromatic nitrogens is 3. The highest BCUT2D eigenvalue weighted by atomic mass is 16.5. The summed E-state index contributed by atoms with van der Waals surface area (Å²) < 4.78 is 5.65. The SMILES string of the molecule is CN(CCc1ccccn1)C(=O)c1cc(COc2ccccc2)[nH]n1. The van der Waals surface area contributed by atoms with E-state index in [0.717, 1.165) is 17.1 Å². The zero-order chi connectivity index (χ0) is 17.5. The molecule has 0 bridgehead atoms. The molecule has 0 aliphatic rings. The number of likely N-dealkylation sites (N-methyl/N-ethyl adjacent to an activating group) is 1. The molecule has 0 aliphatic carbocycles. The number of pyridine rings is 1. The second kappa shape index (κ2) is 8.10. The van der Waals surface area contributed by atoms with Crippen LogP contribution in [0.15, 0.2) is 60.8 Å². The topological polar surface area (TPSA) is 71.1 Å². The molecular weight excluding hydrogens is 316 g/mol. The van der Waals surface area contributed by atoms with Crippen molar-refractivity contribution in [2.24, 2.45) is 0 Å². The van der Waals surface area contributed by atoms with Gasteiger partial charge in [-0.15, -0.1) is 0 Å². The number of amides is 1. The Labute approximate surface area is 146 Å². The molecule has 0 radical (unpaired) electrons. The second-order valence-electron chi connectivity index (χ2n) is 5.68. The summed E-state index contributed by atoms with van der Waals surface area (Å²) in [7, 11) is 1.76. The van der Waals surface area contributed by atoms with Crippen LogP contribution in [0.25, 0.3) is 0 Å². The van der Waals surface area contributed by atoms with E-state index in [0.29, 0.717) is 25.3 Å². The lowest BCUT2D eigenvalue weighted by Gasteiger charge is -2.15. The van der Waals surface area contributed by atoms with Gasteiger partial charge in [0.2, 0.25) is 0 Å². The van der Waals surface area contributed by atoms with E-state index in [1.807, 2.05) is 48.5 Å². The van der Waals surface area contributed by atoms with Crippen LogP contribution in [0.1, 0.15) is 21.9 Å². The fourth-order valence-electron chi connectivity index (χ4n) is 2.35. The van der Waals surface area contributed by atoms with Gasteiger partial charge in [-0.05, 0) is 30.3 Å². The van der Waals surface area contributed by atoms with Gasteiger partial charge < -0.3 is 9.64 Å². The lowest BCUT2D eigenvalue weighted by atomic mass is 10.2. The van der Waals surface area contributed by atoms with Crippen molar-refractivity contribution in [3.05, 3.63) is 77.9 Å². The standard InChI is InChI=1S/C19H20N4O2/c1-23(12-10-15-7-5-6-11-20-15)19(24)18-13-16(21-22-18)14-25-17-8-3-2-4-9-17/h2-9,11,13H,10,12,14H2,1H3,(H,21,22). The number of ether oxygens (including phenoxy) is 1. The molecule has 0 unspecified atom stereocenters. The Bertz CT molecular complexity index is 803. The van der Waals surface area contributed by atoms with Gasteiger partial charge in [-0.25, -0.2) is 0 Å². The number of benzene rings is 1. The van der Waals surface area contributed by atoms with Gasteiger partial charge in [0.1, 0.15) is 12.4 Å². The van der Waals surface area contributed by atoms with Crippen molar-refractivity contribution >= 4 is 5.91 Å². The van der Waals surface area contributed by atoms with Crippen molar-refractivity contribution in [3.8, 4) is 5.75 Å². The molecule has 0 aliphatic heterocycles. The van der Waals surface area contributed by atoms with Crippen molar-refractivity contribution in [2.75, 3.05) is 13.6 Å². The molecule has 128 valence electrons. The highest BCUT2D eigenvalue weighted by Crippen LogP contribution is 2.11. The molecule has 0 saturated heterocycles. The summed E-state index contributed by atoms with van der Waals surface area (Å²) in [5.74, 6) is 0.649. The molecule has 0 saturated carbocycles. The Morgan fingerprint density at radius 2 is 1.96 bits per heavy atom. The minimum atomic E-state index is -0.127. The molecule has 6 nitrogen and oxygen atoms in total. The lowest BCUT2D eigenvalue weighted by Crippen LogP contribution is -2.29. The Morgan fingerprint density at radius 3 is 2.72 bits per heavy atom. The predicted molar refractivity (Wildman–Crippen MR) is 94.3 cm³/mol. The van der Waals surface area contributed by atoms with E-state index in [-0.39, 0.29) is 5.91 Å². The predicted octanol–water partition coefficient (Wildman–Crippen LogP) is 2.70. The van der Waals surface area contributed by atoms with E-state index < -0.39 is 0 Å². The normalized spacial score (nSPS) is 10.4. The highest BCUT2D eigenvalue weighted by molar-refractivity contribution is 5.92. The summed E-state index contributed by atoms with van der Waals surface area (Å²) in [5, 5.41) is 6.94. The molecule has 6 heteroatoms. The first-order chi connectivity index (χ1) is 12.2. The van der Waals surface area contributed by atoms with Gasteiger partial charge in [-0.1, -0.05) is 24.3 Å². The smallest absolute Gasteiger partial charge is 0.274 e. The van der Waals surface area contributed by atoms with Gasteiger partial charge in [0, 0.05) is 31.9 Å². The maximum atomic E-state index is 12.4. The Balaban J connectivity index is 1.53. The Kier molecular flexibility index (Phi) is 5.41. The molecule has 0 spiro atoms.